The number of rotatable bonds is 8. The molecule has 7 nitrogen and oxygen atoms in total. The third-order valence-electron chi connectivity index (χ3n) is 6.17. The van der Waals surface area contributed by atoms with Crippen molar-refractivity contribution in [2.45, 2.75) is 12.5 Å². The third-order valence-corrected chi connectivity index (χ3v) is 6.91. The SMILES string of the molecule is NC(=O)[C@H](Cc1ccccc1)NC(=O)c1cccc(-c2cc(-c3cccnc3)nn2-c2ccc(Cl)c(Cl)c2)c1. The van der Waals surface area contributed by atoms with Crippen molar-refractivity contribution in [3.63, 3.8) is 0 Å². The lowest BCUT2D eigenvalue weighted by Gasteiger charge is -2.16. The van der Waals surface area contributed by atoms with Crippen molar-refractivity contribution in [1.29, 1.82) is 0 Å². The van der Waals surface area contributed by atoms with Gasteiger partial charge in [0.1, 0.15) is 6.04 Å². The van der Waals surface area contributed by atoms with Gasteiger partial charge in [0.2, 0.25) is 5.91 Å². The number of nitrogens with zero attached hydrogens (tertiary/aromatic N) is 3. The molecule has 0 saturated heterocycles. The molecule has 5 rings (SSSR count). The molecule has 9 heteroatoms. The van der Waals surface area contributed by atoms with Crippen LogP contribution in [-0.4, -0.2) is 32.6 Å². The van der Waals surface area contributed by atoms with Crippen LogP contribution in [0.4, 0.5) is 0 Å². The van der Waals surface area contributed by atoms with Gasteiger partial charge in [-0.25, -0.2) is 4.68 Å². The maximum Gasteiger partial charge on any atom is 0.251 e. The van der Waals surface area contributed by atoms with Gasteiger partial charge < -0.3 is 11.1 Å². The molecule has 0 unspecified atom stereocenters. The Bertz CT molecular complexity index is 1640. The van der Waals surface area contributed by atoms with Gasteiger partial charge in [0.15, 0.2) is 0 Å². The van der Waals surface area contributed by atoms with Crippen LogP contribution < -0.4 is 11.1 Å². The van der Waals surface area contributed by atoms with E-state index in [4.69, 9.17) is 34.0 Å². The lowest BCUT2D eigenvalue weighted by atomic mass is 10.0. The summed E-state index contributed by atoms with van der Waals surface area (Å²) in [7, 11) is 0. The van der Waals surface area contributed by atoms with E-state index in [1.54, 1.807) is 47.4 Å². The second-order valence-electron chi connectivity index (χ2n) is 8.87. The smallest absolute Gasteiger partial charge is 0.251 e. The molecule has 194 valence electrons. The Hall–Kier alpha value is -4.46. The van der Waals surface area contributed by atoms with E-state index in [1.165, 1.54) is 0 Å². The van der Waals surface area contributed by atoms with Crippen LogP contribution in [0.1, 0.15) is 15.9 Å². The fourth-order valence-corrected chi connectivity index (χ4v) is 4.48. The van der Waals surface area contributed by atoms with Gasteiger partial charge in [0.05, 0.1) is 27.1 Å². The molecule has 1 atom stereocenters. The number of pyridine rings is 1. The first-order chi connectivity index (χ1) is 18.9. The lowest BCUT2D eigenvalue weighted by molar-refractivity contribution is -0.119. The fourth-order valence-electron chi connectivity index (χ4n) is 4.19. The Balaban J connectivity index is 1.50. The Kier molecular flexibility index (Phi) is 7.72. The summed E-state index contributed by atoms with van der Waals surface area (Å²) >= 11 is 12.5. The quantitative estimate of drug-likeness (QED) is 0.255. The minimum atomic E-state index is -0.859. The highest BCUT2D eigenvalue weighted by atomic mass is 35.5. The van der Waals surface area contributed by atoms with Gasteiger partial charge in [-0.05, 0) is 54.1 Å². The second kappa shape index (κ2) is 11.5. The molecule has 0 bridgehead atoms. The highest BCUT2D eigenvalue weighted by Gasteiger charge is 2.21. The summed E-state index contributed by atoms with van der Waals surface area (Å²) < 4.78 is 1.74. The van der Waals surface area contributed by atoms with Crippen molar-refractivity contribution in [3.05, 3.63) is 125 Å². The molecule has 0 fully saturated rings. The lowest BCUT2D eigenvalue weighted by Crippen LogP contribution is -2.45. The highest BCUT2D eigenvalue weighted by molar-refractivity contribution is 6.42. The zero-order valence-electron chi connectivity index (χ0n) is 20.6. The van der Waals surface area contributed by atoms with Crippen molar-refractivity contribution < 1.29 is 9.59 Å². The third kappa shape index (κ3) is 6.00. The highest BCUT2D eigenvalue weighted by Crippen LogP contribution is 2.31. The van der Waals surface area contributed by atoms with E-state index >= 15 is 0 Å². The Morgan fingerprint density at radius 3 is 2.38 bits per heavy atom. The van der Waals surface area contributed by atoms with Crippen LogP contribution in [0, 0.1) is 0 Å². The van der Waals surface area contributed by atoms with Gasteiger partial charge in [-0.15, -0.1) is 0 Å². The van der Waals surface area contributed by atoms with Gasteiger partial charge >= 0.3 is 0 Å². The molecule has 3 aromatic carbocycles. The Labute approximate surface area is 235 Å². The summed E-state index contributed by atoms with van der Waals surface area (Å²) in [5.74, 6) is -1.02. The summed E-state index contributed by atoms with van der Waals surface area (Å²) in [4.78, 5) is 29.5. The van der Waals surface area contributed by atoms with Crippen molar-refractivity contribution >= 4 is 35.0 Å². The van der Waals surface area contributed by atoms with E-state index in [0.29, 0.717) is 33.4 Å². The van der Waals surface area contributed by atoms with E-state index in [1.807, 2.05) is 60.7 Å². The van der Waals surface area contributed by atoms with Crippen LogP contribution in [0.15, 0.2) is 103 Å². The maximum absolute atomic E-state index is 13.2. The summed E-state index contributed by atoms with van der Waals surface area (Å²) in [5.41, 5.74) is 10.5. The normalized spacial score (nSPS) is 11.6. The molecule has 2 heterocycles. The van der Waals surface area contributed by atoms with Gasteiger partial charge in [0, 0.05) is 35.5 Å². The van der Waals surface area contributed by atoms with E-state index in [9.17, 15) is 9.59 Å². The average Bonchev–Trinajstić information content (AvgIpc) is 3.41. The first-order valence-electron chi connectivity index (χ1n) is 12.1. The van der Waals surface area contributed by atoms with Crippen LogP contribution in [0.3, 0.4) is 0 Å². The maximum atomic E-state index is 13.2. The first kappa shape index (κ1) is 26.2. The average molecular weight is 556 g/mol. The summed E-state index contributed by atoms with van der Waals surface area (Å²) in [6.45, 7) is 0. The number of benzene rings is 3. The minimum Gasteiger partial charge on any atom is -0.368 e. The standard InChI is InChI=1S/C30H23Cl2N5O2/c31-24-12-11-23(16-25(24)32)37-28(17-26(36-37)22-10-5-13-34-18-22)20-8-4-9-21(15-20)30(39)35-27(29(33)38)14-19-6-2-1-3-7-19/h1-13,15-18,27H,14H2,(H2,33,38)(H,35,39)/t27-/m0/s1. The predicted octanol–water partition coefficient (Wildman–Crippen LogP) is 5.73. The minimum absolute atomic E-state index is 0.292. The zero-order valence-corrected chi connectivity index (χ0v) is 22.1. The first-order valence-corrected chi connectivity index (χ1v) is 12.8. The molecule has 5 aromatic rings. The number of nitrogens with two attached hydrogens (primary N) is 1. The molecule has 2 aromatic heterocycles. The molecule has 0 saturated carbocycles. The Morgan fingerprint density at radius 2 is 1.67 bits per heavy atom. The van der Waals surface area contributed by atoms with Crippen LogP contribution in [0.5, 0.6) is 0 Å². The molecule has 0 aliphatic heterocycles. The number of carbonyl (C=O) groups excluding carboxylic acids is 2. The van der Waals surface area contributed by atoms with Crippen LogP contribution in [-0.2, 0) is 11.2 Å². The number of hydrogen-bond acceptors (Lipinski definition) is 4. The number of nitrogens with one attached hydrogen (secondary N) is 1. The second-order valence-corrected chi connectivity index (χ2v) is 9.68. The molecule has 2 amide bonds. The Morgan fingerprint density at radius 1 is 0.872 bits per heavy atom. The van der Waals surface area contributed by atoms with Crippen LogP contribution in [0.2, 0.25) is 10.0 Å². The van der Waals surface area contributed by atoms with Crippen molar-refractivity contribution in [3.8, 4) is 28.2 Å². The fraction of sp³-hybridized carbons (Fsp3) is 0.0667. The van der Waals surface area contributed by atoms with E-state index in [-0.39, 0.29) is 0 Å². The van der Waals surface area contributed by atoms with Crippen LogP contribution >= 0.6 is 23.2 Å². The van der Waals surface area contributed by atoms with E-state index in [2.05, 4.69) is 10.3 Å². The van der Waals surface area contributed by atoms with Gasteiger partial charge in [0.25, 0.3) is 5.91 Å². The molecule has 0 aliphatic carbocycles. The summed E-state index contributed by atoms with van der Waals surface area (Å²) in [5, 5.41) is 8.40. The number of halogens is 2. The number of hydrogen-bond donors (Lipinski definition) is 2. The molecule has 0 radical (unpaired) electrons. The van der Waals surface area contributed by atoms with E-state index in [0.717, 1.165) is 22.4 Å². The number of primary amides is 1. The summed E-state index contributed by atoms with van der Waals surface area (Å²) in [6.07, 6.45) is 3.71. The van der Waals surface area contributed by atoms with E-state index < -0.39 is 17.9 Å². The van der Waals surface area contributed by atoms with Crippen molar-refractivity contribution in [1.82, 2.24) is 20.1 Å². The summed E-state index contributed by atoms with van der Waals surface area (Å²) in [6, 6.07) is 26.5. The van der Waals surface area contributed by atoms with Gasteiger partial charge in [-0.1, -0.05) is 65.7 Å². The number of amides is 2. The number of carbonyl (C=O) groups is 2. The van der Waals surface area contributed by atoms with Crippen LogP contribution in [0.25, 0.3) is 28.2 Å². The molecule has 39 heavy (non-hydrogen) atoms. The molecule has 0 aliphatic rings. The predicted molar refractivity (Wildman–Crippen MR) is 153 cm³/mol. The zero-order chi connectivity index (χ0) is 27.4. The number of aromatic nitrogens is 3. The molecule has 0 spiro atoms. The largest absolute Gasteiger partial charge is 0.368 e. The molecular formula is C30H23Cl2N5O2. The molecular weight excluding hydrogens is 533 g/mol. The molecule has 3 N–H and O–H groups in total. The van der Waals surface area contributed by atoms with Crippen molar-refractivity contribution in [2.75, 3.05) is 0 Å². The topological polar surface area (TPSA) is 103 Å². The van der Waals surface area contributed by atoms with Gasteiger partial charge in [-0.3, -0.25) is 14.6 Å². The monoisotopic (exact) mass is 555 g/mol. The van der Waals surface area contributed by atoms with Crippen molar-refractivity contribution in [2.24, 2.45) is 5.73 Å². The van der Waals surface area contributed by atoms with Gasteiger partial charge in [-0.2, -0.15) is 5.10 Å².